The van der Waals surface area contributed by atoms with E-state index in [1.54, 1.807) is 11.3 Å². The number of hydrogen-bond donors (Lipinski definition) is 1. The Kier molecular flexibility index (Phi) is 4.20. The molecule has 0 saturated carbocycles. The molecule has 2 aromatic rings. The molecule has 92 valence electrons. The molecule has 6 heteroatoms. The van der Waals surface area contributed by atoms with E-state index >= 15 is 0 Å². The van der Waals surface area contributed by atoms with Crippen LogP contribution in [0, 0.1) is 6.92 Å². The number of hydrogen-bond acceptors (Lipinski definition) is 6. The minimum Gasteiger partial charge on any atom is -0.323 e. The van der Waals surface area contributed by atoms with Crippen LogP contribution in [0.4, 0.5) is 0 Å². The van der Waals surface area contributed by atoms with E-state index in [0.29, 0.717) is 0 Å². The smallest absolute Gasteiger partial charge is 0.0897 e. The SMILES string of the molecule is CCCc1nnsc1C(N)Cc1csc(C)n1. The Balaban J connectivity index is 2.08. The summed E-state index contributed by atoms with van der Waals surface area (Å²) in [7, 11) is 0. The number of rotatable bonds is 5. The third-order valence-corrected chi connectivity index (χ3v) is 4.23. The fourth-order valence-corrected chi connectivity index (χ4v) is 3.05. The molecule has 4 nitrogen and oxygen atoms in total. The average molecular weight is 268 g/mol. The fraction of sp³-hybridized carbons (Fsp3) is 0.545. The van der Waals surface area contributed by atoms with Crippen LogP contribution in [0.5, 0.6) is 0 Å². The average Bonchev–Trinajstić information content (AvgIpc) is 2.88. The van der Waals surface area contributed by atoms with Gasteiger partial charge in [0.25, 0.3) is 0 Å². The predicted octanol–water partition coefficient (Wildman–Crippen LogP) is 2.50. The van der Waals surface area contributed by atoms with Gasteiger partial charge in [0, 0.05) is 17.8 Å². The zero-order valence-electron chi connectivity index (χ0n) is 10.0. The first kappa shape index (κ1) is 12.6. The molecule has 2 heterocycles. The summed E-state index contributed by atoms with van der Waals surface area (Å²) in [6.07, 6.45) is 2.79. The Bertz CT molecular complexity index is 477. The summed E-state index contributed by atoms with van der Waals surface area (Å²) in [6, 6.07) is -0.0296. The van der Waals surface area contributed by atoms with Gasteiger partial charge >= 0.3 is 0 Å². The van der Waals surface area contributed by atoms with Crippen molar-refractivity contribution in [3.63, 3.8) is 0 Å². The van der Waals surface area contributed by atoms with Crippen LogP contribution in [0.15, 0.2) is 5.38 Å². The molecule has 0 saturated heterocycles. The summed E-state index contributed by atoms with van der Waals surface area (Å²) < 4.78 is 4.00. The zero-order chi connectivity index (χ0) is 12.3. The van der Waals surface area contributed by atoms with Crippen LogP contribution >= 0.6 is 22.9 Å². The molecule has 0 aliphatic heterocycles. The van der Waals surface area contributed by atoms with Crippen molar-refractivity contribution in [3.05, 3.63) is 26.7 Å². The van der Waals surface area contributed by atoms with Crippen molar-refractivity contribution in [1.82, 2.24) is 14.6 Å². The molecule has 0 spiro atoms. The second kappa shape index (κ2) is 5.66. The molecule has 0 aliphatic carbocycles. The molecule has 2 aromatic heterocycles. The summed E-state index contributed by atoms with van der Waals surface area (Å²) >= 11 is 3.08. The molecule has 0 radical (unpaired) electrons. The molecule has 1 unspecified atom stereocenters. The summed E-state index contributed by atoms with van der Waals surface area (Å²) in [6.45, 7) is 4.15. The monoisotopic (exact) mass is 268 g/mol. The van der Waals surface area contributed by atoms with E-state index < -0.39 is 0 Å². The van der Waals surface area contributed by atoms with Crippen LogP contribution in [0.25, 0.3) is 0 Å². The topological polar surface area (TPSA) is 64.7 Å². The van der Waals surface area contributed by atoms with Crippen molar-refractivity contribution in [2.24, 2.45) is 5.73 Å². The lowest BCUT2D eigenvalue weighted by atomic mass is 10.1. The van der Waals surface area contributed by atoms with Crippen LogP contribution in [0.2, 0.25) is 0 Å². The van der Waals surface area contributed by atoms with E-state index in [0.717, 1.165) is 40.5 Å². The maximum absolute atomic E-state index is 6.21. The van der Waals surface area contributed by atoms with Gasteiger partial charge in [-0.15, -0.1) is 16.4 Å². The minimum absolute atomic E-state index is 0.0296. The zero-order valence-corrected chi connectivity index (χ0v) is 11.6. The molecular formula is C11H16N4S2. The molecule has 0 fully saturated rings. The Hall–Kier alpha value is -0.850. The summed E-state index contributed by atoms with van der Waals surface area (Å²) in [4.78, 5) is 5.55. The second-order valence-electron chi connectivity index (χ2n) is 4.00. The van der Waals surface area contributed by atoms with Crippen LogP contribution < -0.4 is 5.73 Å². The molecule has 17 heavy (non-hydrogen) atoms. The summed E-state index contributed by atoms with van der Waals surface area (Å²) in [5.74, 6) is 0. The van der Waals surface area contributed by atoms with Crippen molar-refractivity contribution in [2.45, 2.75) is 39.2 Å². The highest BCUT2D eigenvalue weighted by Crippen LogP contribution is 2.23. The van der Waals surface area contributed by atoms with Crippen molar-refractivity contribution >= 4 is 22.9 Å². The summed E-state index contributed by atoms with van der Waals surface area (Å²) in [5.41, 5.74) is 8.33. The molecule has 0 aliphatic rings. The number of thiazole rings is 1. The van der Waals surface area contributed by atoms with Crippen molar-refractivity contribution < 1.29 is 0 Å². The number of aryl methyl sites for hydroxylation is 2. The van der Waals surface area contributed by atoms with E-state index in [1.165, 1.54) is 11.5 Å². The Morgan fingerprint density at radius 2 is 2.29 bits per heavy atom. The standard InChI is InChI=1S/C11H16N4S2/c1-3-4-10-11(17-15-14-10)9(12)5-8-6-16-7(2)13-8/h6,9H,3-5,12H2,1-2H3. The highest BCUT2D eigenvalue weighted by atomic mass is 32.1. The Morgan fingerprint density at radius 1 is 1.47 bits per heavy atom. The molecule has 0 aromatic carbocycles. The number of nitrogens with two attached hydrogens (primary N) is 1. The van der Waals surface area contributed by atoms with E-state index in [9.17, 15) is 0 Å². The van der Waals surface area contributed by atoms with Gasteiger partial charge in [-0.3, -0.25) is 0 Å². The second-order valence-corrected chi connectivity index (χ2v) is 5.85. The minimum atomic E-state index is -0.0296. The lowest BCUT2D eigenvalue weighted by molar-refractivity contribution is 0.703. The first-order valence-electron chi connectivity index (χ1n) is 5.68. The molecule has 1 atom stereocenters. The lowest BCUT2D eigenvalue weighted by Crippen LogP contribution is -2.14. The van der Waals surface area contributed by atoms with E-state index in [1.807, 2.05) is 6.92 Å². The van der Waals surface area contributed by atoms with Gasteiger partial charge in [-0.25, -0.2) is 4.98 Å². The van der Waals surface area contributed by atoms with E-state index in [-0.39, 0.29) is 6.04 Å². The van der Waals surface area contributed by atoms with Gasteiger partial charge in [0.2, 0.25) is 0 Å². The molecule has 0 amide bonds. The van der Waals surface area contributed by atoms with Gasteiger partial charge in [0.1, 0.15) is 0 Å². The first-order valence-corrected chi connectivity index (χ1v) is 7.33. The molecule has 0 bridgehead atoms. The third-order valence-electron chi connectivity index (χ3n) is 2.50. The predicted molar refractivity (Wildman–Crippen MR) is 71.4 cm³/mol. The van der Waals surface area contributed by atoms with Gasteiger partial charge in [0.05, 0.1) is 21.3 Å². The summed E-state index contributed by atoms with van der Waals surface area (Å²) in [5, 5.41) is 7.30. The van der Waals surface area contributed by atoms with Gasteiger partial charge in [0.15, 0.2) is 0 Å². The largest absolute Gasteiger partial charge is 0.323 e. The third kappa shape index (κ3) is 3.08. The van der Waals surface area contributed by atoms with E-state index in [2.05, 4.69) is 26.9 Å². The fourth-order valence-electron chi connectivity index (χ4n) is 1.73. The van der Waals surface area contributed by atoms with Crippen LogP contribution in [0.3, 0.4) is 0 Å². The normalized spacial score (nSPS) is 12.9. The van der Waals surface area contributed by atoms with Gasteiger partial charge in [-0.1, -0.05) is 17.8 Å². The first-order chi connectivity index (χ1) is 8.20. The van der Waals surface area contributed by atoms with E-state index in [4.69, 9.17) is 5.73 Å². The quantitative estimate of drug-likeness (QED) is 0.905. The maximum atomic E-state index is 6.21. The van der Waals surface area contributed by atoms with Crippen LogP contribution in [0.1, 0.15) is 40.7 Å². The highest BCUT2D eigenvalue weighted by molar-refractivity contribution is 7.09. The molecule has 2 N–H and O–H groups in total. The highest BCUT2D eigenvalue weighted by Gasteiger charge is 2.16. The van der Waals surface area contributed by atoms with Crippen molar-refractivity contribution in [2.75, 3.05) is 0 Å². The Labute approximate surface area is 109 Å². The van der Waals surface area contributed by atoms with Crippen molar-refractivity contribution in [3.8, 4) is 0 Å². The van der Waals surface area contributed by atoms with Gasteiger partial charge in [-0.05, 0) is 24.9 Å². The van der Waals surface area contributed by atoms with Crippen LogP contribution in [-0.2, 0) is 12.8 Å². The van der Waals surface area contributed by atoms with Crippen LogP contribution in [-0.4, -0.2) is 14.6 Å². The maximum Gasteiger partial charge on any atom is 0.0897 e. The molecule has 2 rings (SSSR count). The van der Waals surface area contributed by atoms with Gasteiger partial charge < -0.3 is 5.73 Å². The number of aromatic nitrogens is 3. The Morgan fingerprint density at radius 3 is 2.94 bits per heavy atom. The lowest BCUT2D eigenvalue weighted by Gasteiger charge is -2.08. The molecular weight excluding hydrogens is 252 g/mol. The number of nitrogens with zero attached hydrogens (tertiary/aromatic N) is 3. The van der Waals surface area contributed by atoms with Gasteiger partial charge in [-0.2, -0.15) is 0 Å². The van der Waals surface area contributed by atoms with Crippen molar-refractivity contribution in [1.29, 1.82) is 0 Å².